The zero-order chi connectivity index (χ0) is 33.2. The summed E-state index contributed by atoms with van der Waals surface area (Å²) in [4.78, 5) is 25.4. The molecule has 4 saturated heterocycles. The summed E-state index contributed by atoms with van der Waals surface area (Å²) >= 11 is 0. The van der Waals surface area contributed by atoms with Crippen LogP contribution in [0.1, 0.15) is 50.1 Å². The maximum absolute atomic E-state index is 15.3. The lowest BCUT2D eigenvalue weighted by Crippen LogP contribution is -2.51. The lowest BCUT2D eigenvalue weighted by atomic mass is 9.93. The minimum Gasteiger partial charge on any atom is -0.483 e. The van der Waals surface area contributed by atoms with E-state index in [1.54, 1.807) is 6.20 Å². The van der Waals surface area contributed by atoms with Gasteiger partial charge in [-0.2, -0.15) is 5.10 Å². The SMILES string of the molecule is CN1[C@@H]2CC[C@H]1CC(N1CCC(n3cc(-c4cnc5cccc(-c6cc(F)c(CN7CCOCC7)c(F)c6)c5n4)cn3)CC1)C2.O=CO. The van der Waals surface area contributed by atoms with Gasteiger partial charge in [-0.3, -0.25) is 19.4 Å². The molecule has 48 heavy (non-hydrogen) atoms. The van der Waals surface area contributed by atoms with Crippen molar-refractivity contribution >= 4 is 17.5 Å². The monoisotopic (exact) mass is 659 g/mol. The number of rotatable bonds is 6. The Hall–Kier alpha value is -3.84. The first-order valence-corrected chi connectivity index (χ1v) is 17.0. The Bertz CT molecular complexity index is 1700. The van der Waals surface area contributed by atoms with Gasteiger partial charge in [0.25, 0.3) is 6.47 Å². The summed E-state index contributed by atoms with van der Waals surface area (Å²) in [6, 6.07) is 11.0. The Morgan fingerprint density at radius 1 is 0.917 bits per heavy atom. The number of benzene rings is 2. The third-order valence-corrected chi connectivity index (χ3v) is 10.9. The maximum Gasteiger partial charge on any atom is 0.290 e. The number of hydrogen-bond acceptors (Lipinski definition) is 8. The quantitative estimate of drug-likeness (QED) is 0.279. The summed E-state index contributed by atoms with van der Waals surface area (Å²) in [6.45, 7) is 4.69. The van der Waals surface area contributed by atoms with Crippen molar-refractivity contribution in [3.05, 3.63) is 66.1 Å². The first-order chi connectivity index (χ1) is 23.4. The van der Waals surface area contributed by atoms with Gasteiger partial charge in [-0.1, -0.05) is 12.1 Å². The van der Waals surface area contributed by atoms with E-state index in [4.69, 9.17) is 24.7 Å². The lowest BCUT2D eigenvalue weighted by Gasteiger charge is -2.44. The number of nitrogens with zero attached hydrogens (tertiary/aromatic N) is 7. The topological polar surface area (TPSA) is 99.9 Å². The van der Waals surface area contributed by atoms with Gasteiger partial charge in [0.15, 0.2) is 0 Å². The largest absolute Gasteiger partial charge is 0.483 e. The predicted molar refractivity (Wildman–Crippen MR) is 178 cm³/mol. The molecule has 6 heterocycles. The molecular weight excluding hydrogens is 616 g/mol. The fourth-order valence-electron chi connectivity index (χ4n) is 8.16. The number of aromatic nitrogens is 4. The highest BCUT2D eigenvalue weighted by Gasteiger charge is 2.41. The lowest BCUT2D eigenvalue weighted by molar-refractivity contribution is -0.122. The van der Waals surface area contributed by atoms with Gasteiger partial charge in [-0.05, 0) is 69.3 Å². The third-order valence-electron chi connectivity index (χ3n) is 10.9. The number of likely N-dealkylation sites (tertiary alicyclic amines) is 1. The average molecular weight is 660 g/mol. The minimum atomic E-state index is -0.548. The van der Waals surface area contributed by atoms with Crippen molar-refractivity contribution < 1.29 is 23.4 Å². The normalized spacial score (nSPS) is 24.0. The third kappa shape index (κ3) is 6.71. The van der Waals surface area contributed by atoms with Crippen LogP contribution in [0.4, 0.5) is 8.78 Å². The van der Waals surface area contributed by atoms with Gasteiger partial charge in [0, 0.05) is 73.7 Å². The van der Waals surface area contributed by atoms with Gasteiger partial charge in [0.1, 0.15) is 11.6 Å². The van der Waals surface area contributed by atoms with Crippen LogP contribution in [0.3, 0.4) is 0 Å². The summed E-state index contributed by atoms with van der Waals surface area (Å²) in [5, 5.41) is 11.6. The van der Waals surface area contributed by atoms with Gasteiger partial charge in [0.05, 0.1) is 48.4 Å². The standard InChI is InChI=1S/C35H41F2N7O.CH2O2/c1-41-26-5-6-27(41)18-28(17-26)43-9-7-25(8-10-43)44-21-24(19-39-44)34-20-38-33-4-2-3-29(35(33)40-34)23-15-31(36)30(32(37)16-23)22-42-11-13-45-14-12-42;2-1-3/h2-4,15-16,19-21,25-28H,5-14,17-18,22H2,1H3;1H,(H,2,3)/t26-,27+,28?;. The van der Waals surface area contributed by atoms with E-state index in [1.807, 2.05) is 29.3 Å². The molecule has 2 bridgehead atoms. The maximum atomic E-state index is 15.3. The van der Waals surface area contributed by atoms with Crippen molar-refractivity contribution in [3.8, 4) is 22.4 Å². The molecular formula is C36H43F2N7O3. The van der Waals surface area contributed by atoms with Crippen LogP contribution in [-0.2, 0) is 16.1 Å². The van der Waals surface area contributed by atoms with Crippen LogP contribution in [0.25, 0.3) is 33.4 Å². The van der Waals surface area contributed by atoms with Crippen molar-refractivity contribution in [3.63, 3.8) is 0 Å². The van der Waals surface area contributed by atoms with E-state index in [1.165, 1.54) is 37.8 Å². The molecule has 1 N–H and O–H groups in total. The van der Waals surface area contributed by atoms with Crippen molar-refractivity contribution in [1.29, 1.82) is 0 Å². The first kappa shape index (κ1) is 32.7. The molecule has 4 aromatic rings. The fraction of sp³-hybridized carbons (Fsp3) is 0.500. The molecule has 4 aliphatic rings. The van der Waals surface area contributed by atoms with Gasteiger partial charge in [-0.15, -0.1) is 0 Å². The second-order valence-corrected chi connectivity index (χ2v) is 13.5. The van der Waals surface area contributed by atoms with Crippen LogP contribution in [0.2, 0.25) is 0 Å². The Labute approximate surface area is 279 Å². The fourth-order valence-corrected chi connectivity index (χ4v) is 8.16. The van der Waals surface area contributed by atoms with Crippen LogP contribution >= 0.6 is 0 Å². The molecule has 0 saturated carbocycles. The highest BCUT2D eigenvalue weighted by molar-refractivity contribution is 5.92. The molecule has 2 aromatic heterocycles. The molecule has 254 valence electrons. The van der Waals surface area contributed by atoms with Crippen molar-refractivity contribution in [2.45, 2.75) is 69.2 Å². The molecule has 0 aliphatic carbocycles. The number of carboxylic acid groups (broad SMARTS) is 1. The molecule has 12 heteroatoms. The van der Waals surface area contributed by atoms with E-state index in [0.29, 0.717) is 60.2 Å². The molecule has 4 aliphatic heterocycles. The molecule has 2 aromatic carbocycles. The zero-order valence-corrected chi connectivity index (χ0v) is 27.3. The molecule has 1 unspecified atom stereocenters. The highest BCUT2D eigenvalue weighted by atomic mass is 19.1. The van der Waals surface area contributed by atoms with E-state index in [-0.39, 0.29) is 18.6 Å². The Morgan fingerprint density at radius 3 is 2.29 bits per heavy atom. The van der Waals surface area contributed by atoms with Crippen LogP contribution < -0.4 is 0 Å². The van der Waals surface area contributed by atoms with Crippen molar-refractivity contribution in [1.82, 2.24) is 34.4 Å². The number of para-hydroxylation sites is 1. The number of fused-ring (bicyclic) bond motifs is 3. The molecule has 0 spiro atoms. The van der Waals surface area contributed by atoms with Gasteiger partial charge < -0.3 is 19.6 Å². The molecule has 3 atom stereocenters. The number of ether oxygens (including phenoxy) is 1. The Morgan fingerprint density at radius 2 is 1.60 bits per heavy atom. The second kappa shape index (κ2) is 14.3. The van der Waals surface area contributed by atoms with Gasteiger partial charge in [0.2, 0.25) is 0 Å². The second-order valence-electron chi connectivity index (χ2n) is 13.5. The van der Waals surface area contributed by atoms with Crippen molar-refractivity contribution in [2.75, 3.05) is 46.4 Å². The number of halogens is 2. The van der Waals surface area contributed by atoms with Crippen LogP contribution in [0.5, 0.6) is 0 Å². The molecule has 4 fully saturated rings. The van der Waals surface area contributed by atoms with E-state index in [0.717, 1.165) is 49.6 Å². The van der Waals surface area contributed by atoms with E-state index in [2.05, 4.69) is 32.7 Å². The smallest absolute Gasteiger partial charge is 0.290 e. The van der Waals surface area contributed by atoms with E-state index in [9.17, 15) is 0 Å². The van der Waals surface area contributed by atoms with Gasteiger partial charge in [-0.25, -0.2) is 13.8 Å². The minimum absolute atomic E-state index is 0.0874. The molecule has 0 amide bonds. The summed E-state index contributed by atoms with van der Waals surface area (Å²) in [5.41, 5.74) is 4.08. The Kier molecular flexibility index (Phi) is 9.76. The Balaban J connectivity index is 0.00000117. The summed E-state index contributed by atoms with van der Waals surface area (Å²) in [7, 11) is 2.31. The van der Waals surface area contributed by atoms with Crippen LogP contribution in [-0.4, -0.2) is 111 Å². The zero-order valence-electron chi connectivity index (χ0n) is 27.3. The highest BCUT2D eigenvalue weighted by Crippen LogP contribution is 2.38. The molecule has 10 nitrogen and oxygen atoms in total. The summed E-state index contributed by atoms with van der Waals surface area (Å²) in [6.07, 6.45) is 13.2. The van der Waals surface area contributed by atoms with Crippen molar-refractivity contribution in [2.24, 2.45) is 0 Å². The number of hydrogen-bond donors (Lipinski definition) is 1. The van der Waals surface area contributed by atoms with E-state index < -0.39 is 11.6 Å². The number of carbonyl (C=O) groups is 1. The van der Waals surface area contributed by atoms with Crippen LogP contribution in [0.15, 0.2) is 48.9 Å². The summed E-state index contributed by atoms with van der Waals surface area (Å²) < 4.78 is 38.1. The van der Waals surface area contributed by atoms with Crippen LogP contribution in [0, 0.1) is 11.6 Å². The summed E-state index contributed by atoms with van der Waals surface area (Å²) in [5.74, 6) is -1.10. The molecule has 8 rings (SSSR count). The van der Waals surface area contributed by atoms with Gasteiger partial charge >= 0.3 is 0 Å². The number of piperidine rings is 2. The average Bonchev–Trinajstić information content (AvgIpc) is 3.66. The van der Waals surface area contributed by atoms with E-state index >= 15 is 8.78 Å². The number of morpholine rings is 1. The predicted octanol–water partition coefficient (Wildman–Crippen LogP) is 5.23. The first-order valence-electron chi connectivity index (χ1n) is 17.0. The molecule has 0 radical (unpaired) electrons.